The predicted octanol–water partition coefficient (Wildman–Crippen LogP) is 2.18. The molecule has 1 aliphatic carbocycles. The van der Waals surface area contributed by atoms with Crippen LogP contribution >= 0.6 is 0 Å². The average molecular weight is 435 g/mol. The predicted molar refractivity (Wildman–Crippen MR) is 115 cm³/mol. The molecule has 172 valence electrons. The van der Waals surface area contributed by atoms with E-state index in [-0.39, 0.29) is 29.7 Å². The van der Waals surface area contributed by atoms with Gasteiger partial charge < -0.3 is 15.4 Å². The summed E-state index contributed by atoms with van der Waals surface area (Å²) in [5, 5.41) is 5.58. The van der Waals surface area contributed by atoms with Gasteiger partial charge in [0.2, 0.25) is 5.91 Å². The van der Waals surface area contributed by atoms with Crippen LogP contribution in [0.15, 0.2) is 23.4 Å². The molecule has 9 nitrogen and oxygen atoms in total. The zero-order chi connectivity index (χ0) is 22.9. The number of carbonyl (C=O) groups excluding carboxylic acids is 3. The average Bonchev–Trinajstić information content (AvgIpc) is 3.22. The fourth-order valence-electron chi connectivity index (χ4n) is 3.54. The van der Waals surface area contributed by atoms with Crippen LogP contribution in [0.25, 0.3) is 0 Å². The molecule has 31 heavy (non-hydrogen) atoms. The van der Waals surface area contributed by atoms with E-state index < -0.39 is 17.7 Å². The minimum atomic E-state index is -0.679. The SMILES string of the molecule is CC(C)(C)OC(=O)NCCCC[C@H](NC(=O)C1CCCC1)C(=O)Cn1cnccc1=O. The lowest BCUT2D eigenvalue weighted by molar-refractivity contribution is -0.130. The van der Waals surface area contributed by atoms with Crippen molar-refractivity contribution in [2.45, 2.75) is 83.9 Å². The maximum atomic E-state index is 12.9. The molecule has 1 aliphatic rings. The van der Waals surface area contributed by atoms with Crippen LogP contribution in [0.1, 0.15) is 65.7 Å². The number of rotatable bonds is 10. The Hall–Kier alpha value is -2.71. The Morgan fingerprint density at radius 2 is 1.94 bits per heavy atom. The number of ketones is 1. The molecule has 2 amide bonds. The molecule has 0 bridgehead atoms. The summed E-state index contributed by atoms with van der Waals surface area (Å²) in [6.45, 7) is 5.66. The third-order valence-corrected chi connectivity index (χ3v) is 5.14. The van der Waals surface area contributed by atoms with E-state index in [1.807, 2.05) is 0 Å². The highest BCUT2D eigenvalue weighted by Gasteiger charge is 2.27. The van der Waals surface area contributed by atoms with E-state index in [1.54, 1.807) is 20.8 Å². The van der Waals surface area contributed by atoms with Gasteiger partial charge in [0.1, 0.15) is 5.60 Å². The number of Topliss-reactive ketones (excluding diaryl/α,β-unsaturated/α-hetero) is 1. The summed E-state index contributed by atoms with van der Waals surface area (Å²) in [7, 11) is 0. The smallest absolute Gasteiger partial charge is 0.407 e. The van der Waals surface area contributed by atoms with Crippen molar-refractivity contribution in [1.82, 2.24) is 20.2 Å². The maximum absolute atomic E-state index is 12.9. The van der Waals surface area contributed by atoms with Crippen LogP contribution in [0.5, 0.6) is 0 Å². The zero-order valence-electron chi connectivity index (χ0n) is 18.7. The van der Waals surface area contributed by atoms with Crippen molar-refractivity contribution in [1.29, 1.82) is 0 Å². The van der Waals surface area contributed by atoms with Gasteiger partial charge in [0.25, 0.3) is 5.56 Å². The molecular weight excluding hydrogens is 400 g/mol. The lowest BCUT2D eigenvalue weighted by atomic mass is 10.0. The van der Waals surface area contributed by atoms with E-state index in [1.165, 1.54) is 23.2 Å². The third-order valence-electron chi connectivity index (χ3n) is 5.14. The number of nitrogens with one attached hydrogen (secondary N) is 2. The van der Waals surface area contributed by atoms with E-state index >= 15 is 0 Å². The summed E-state index contributed by atoms with van der Waals surface area (Å²) < 4.78 is 6.43. The standard InChI is InChI=1S/C22H34N4O5/c1-22(2,3)31-21(30)24-12-7-6-10-17(25-20(29)16-8-4-5-9-16)18(27)14-26-15-23-13-11-19(26)28/h11,13,15-17H,4-10,12,14H2,1-3H3,(H,24,30)(H,25,29)/t17-/m0/s1. The number of hydrogen-bond acceptors (Lipinski definition) is 6. The van der Waals surface area contributed by atoms with Crippen molar-refractivity contribution in [2.24, 2.45) is 5.92 Å². The highest BCUT2D eigenvalue weighted by Crippen LogP contribution is 2.25. The number of ether oxygens (including phenoxy) is 1. The quantitative estimate of drug-likeness (QED) is 0.545. The summed E-state index contributed by atoms with van der Waals surface area (Å²) in [5.41, 5.74) is -0.873. The molecule has 0 aromatic carbocycles. The molecule has 0 aliphatic heterocycles. The van der Waals surface area contributed by atoms with Crippen LogP contribution in [-0.2, 0) is 20.9 Å². The molecule has 2 N–H and O–H groups in total. The van der Waals surface area contributed by atoms with Crippen LogP contribution in [-0.4, -0.2) is 45.5 Å². The molecule has 0 radical (unpaired) electrons. The number of aromatic nitrogens is 2. The van der Waals surface area contributed by atoms with Gasteiger partial charge in [-0.25, -0.2) is 9.78 Å². The molecule has 0 saturated heterocycles. The van der Waals surface area contributed by atoms with Crippen LogP contribution in [0.4, 0.5) is 4.79 Å². The monoisotopic (exact) mass is 434 g/mol. The van der Waals surface area contributed by atoms with Crippen LogP contribution in [0, 0.1) is 5.92 Å². The van der Waals surface area contributed by atoms with Gasteiger partial charge >= 0.3 is 6.09 Å². The fourth-order valence-corrected chi connectivity index (χ4v) is 3.54. The van der Waals surface area contributed by atoms with Crippen LogP contribution in [0.3, 0.4) is 0 Å². The zero-order valence-corrected chi connectivity index (χ0v) is 18.7. The number of nitrogens with zero attached hydrogens (tertiary/aromatic N) is 2. The molecule has 1 fully saturated rings. The van der Waals surface area contributed by atoms with Gasteiger partial charge in [0.05, 0.1) is 18.9 Å². The summed E-state index contributed by atoms with van der Waals surface area (Å²) in [6, 6.07) is 0.614. The van der Waals surface area contributed by atoms with E-state index in [2.05, 4.69) is 15.6 Å². The Morgan fingerprint density at radius 1 is 1.23 bits per heavy atom. The molecular formula is C22H34N4O5. The number of amides is 2. The second kappa shape index (κ2) is 11.6. The first-order chi connectivity index (χ1) is 14.7. The second-order valence-electron chi connectivity index (χ2n) is 8.98. The van der Waals surface area contributed by atoms with Gasteiger partial charge in [0, 0.05) is 24.7 Å². The molecule has 1 atom stereocenters. The highest BCUT2D eigenvalue weighted by molar-refractivity contribution is 5.89. The Balaban J connectivity index is 1.88. The summed E-state index contributed by atoms with van der Waals surface area (Å²) in [5.74, 6) is -0.381. The fraction of sp³-hybridized carbons (Fsp3) is 0.682. The largest absolute Gasteiger partial charge is 0.444 e. The number of alkyl carbamates (subject to hydrolysis) is 1. The summed E-state index contributed by atoms with van der Waals surface area (Å²) in [6.07, 6.45) is 7.64. The van der Waals surface area contributed by atoms with E-state index in [0.717, 1.165) is 25.7 Å². The third kappa shape index (κ3) is 8.90. The van der Waals surface area contributed by atoms with Crippen molar-refractivity contribution in [3.8, 4) is 0 Å². The topological polar surface area (TPSA) is 119 Å². The molecule has 1 saturated carbocycles. The van der Waals surface area contributed by atoms with Crippen molar-refractivity contribution in [3.05, 3.63) is 28.9 Å². The Bertz CT molecular complexity index is 809. The molecule has 0 unspecified atom stereocenters. The van der Waals surface area contributed by atoms with Gasteiger partial charge in [-0.3, -0.25) is 19.0 Å². The lowest BCUT2D eigenvalue weighted by Crippen LogP contribution is -2.45. The van der Waals surface area contributed by atoms with E-state index in [0.29, 0.717) is 25.8 Å². The molecule has 2 rings (SSSR count). The minimum absolute atomic E-state index is 0.0507. The normalized spacial score (nSPS) is 15.3. The van der Waals surface area contributed by atoms with Gasteiger partial charge in [-0.05, 0) is 52.9 Å². The Kier molecular flexibility index (Phi) is 9.21. The molecule has 0 spiro atoms. The van der Waals surface area contributed by atoms with Crippen LogP contribution < -0.4 is 16.2 Å². The summed E-state index contributed by atoms with van der Waals surface area (Å²) >= 11 is 0. The number of hydrogen-bond donors (Lipinski definition) is 2. The van der Waals surface area contributed by atoms with Crippen LogP contribution in [0.2, 0.25) is 0 Å². The second-order valence-corrected chi connectivity index (χ2v) is 8.98. The molecule has 1 aromatic heterocycles. The minimum Gasteiger partial charge on any atom is -0.444 e. The highest BCUT2D eigenvalue weighted by atomic mass is 16.6. The Labute approximate surface area is 183 Å². The van der Waals surface area contributed by atoms with Gasteiger partial charge in [-0.2, -0.15) is 0 Å². The molecule has 1 heterocycles. The van der Waals surface area contributed by atoms with Crippen molar-refractivity contribution < 1.29 is 19.1 Å². The van der Waals surface area contributed by atoms with Gasteiger partial charge in [-0.1, -0.05) is 12.8 Å². The Morgan fingerprint density at radius 3 is 2.58 bits per heavy atom. The van der Waals surface area contributed by atoms with E-state index in [4.69, 9.17) is 4.74 Å². The molecule has 9 heteroatoms. The van der Waals surface area contributed by atoms with Gasteiger partial charge in [-0.15, -0.1) is 0 Å². The lowest BCUT2D eigenvalue weighted by Gasteiger charge is -2.21. The van der Waals surface area contributed by atoms with E-state index in [9.17, 15) is 19.2 Å². The number of unbranched alkanes of at least 4 members (excludes halogenated alkanes) is 1. The van der Waals surface area contributed by atoms with Crippen molar-refractivity contribution in [3.63, 3.8) is 0 Å². The van der Waals surface area contributed by atoms with Gasteiger partial charge in [0.15, 0.2) is 5.78 Å². The van der Waals surface area contributed by atoms with Crippen molar-refractivity contribution in [2.75, 3.05) is 6.54 Å². The first-order valence-corrected chi connectivity index (χ1v) is 11.0. The van der Waals surface area contributed by atoms with Crippen molar-refractivity contribution >= 4 is 17.8 Å². The molecule has 1 aromatic rings. The maximum Gasteiger partial charge on any atom is 0.407 e. The first-order valence-electron chi connectivity index (χ1n) is 11.0. The number of carbonyl (C=O) groups is 3. The first kappa shape index (κ1) is 24.6. The summed E-state index contributed by atoms with van der Waals surface area (Å²) in [4.78, 5) is 52.9.